The number of hydrogen-bond donors (Lipinski definition) is 0. The predicted molar refractivity (Wildman–Crippen MR) is 267 cm³/mol. The second kappa shape index (κ2) is 21.9. The van der Waals surface area contributed by atoms with Gasteiger partial charge < -0.3 is 28.4 Å². The summed E-state index contributed by atoms with van der Waals surface area (Å²) in [6.45, 7) is 7.81. The maximum atomic E-state index is 13.1. The van der Waals surface area contributed by atoms with Gasteiger partial charge in [0, 0.05) is 11.5 Å². The van der Waals surface area contributed by atoms with E-state index in [1.165, 1.54) is 12.5 Å². The van der Waals surface area contributed by atoms with E-state index in [4.69, 9.17) is 28.4 Å². The molecular weight excluding hydrogens is 881 g/mol. The molecule has 0 aliphatic rings. The van der Waals surface area contributed by atoms with Gasteiger partial charge in [0.05, 0.1) is 23.8 Å². The van der Waals surface area contributed by atoms with Crippen LogP contribution in [0.15, 0.2) is 182 Å². The standard InChI is InChI=1S/C60H50O10/c1-38-34-50(22-32-56(38)65-5)40(3)51-23-33-57(39(2)35-51)70-60(64)49-20-30-55(31-21-49)69-54-28-18-48(19-29-54)59(63)67-37-43-8-12-46(13-9-43)45-10-6-42(7-11-45)36-66-58(62)47-16-26-53(27-17-47)68-52-24-14-44(15-25-52)41(4)61/h6-35,40H,36-37H2,1-5H3. The first-order valence-electron chi connectivity index (χ1n) is 22.7. The minimum absolute atomic E-state index is 0.0188. The Hall–Kier alpha value is -8.76. The second-order valence-corrected chi connectivity index (χ2v) is 16.8. The van der Waals surface area contributed by atoms with Gasteiger partial charge in [-0.15, -0.1) is 0 Å². The number of aryl methyl sites for hydroxylation is 2. The Morgan fingerprint density at radius 3 is 1.14 bits per heavy atom. The lowest BCUT2D eigenvalue weighted by Gasteiger charge is -2.16. The van der Waals surface area contributed by atoms with E-state index in [2.05, 4.69) is 19.1 Å². The highest BCUT2D eigenvalue weighted by atomic mass is 16.5. The molecule has 0 aliphatic carbocycles. The van der Waals surface area contributed by atoms with Crippen molar-refractivity contribution in [2.45, 2.75) is 46.8 Å². The van der Waals surface area contributed by atoms with Crippen molar-refractivity contribution in [3.8, 4) is 45.6 Å². The minimum Gasteiger partial charge on any atom is -0.496 e. The Labute approximate surface area is 407 Å². The summed E-state index contributed by atoms with van der Waals surface area (Å²) >= 11 is 0. The zero-order chi connectivity index (χ0) is 49.1. The van der Waals surface area contributed by atoms with Gasteiger partial charge in [0.2, 0.25) is 0 Å². The summed E-state index contributed by atoms with van der Waals surface area (Å²) in [5.74, 6) is 2.22. The SMILES string of the molecule is COc1ccc(C(C)c2ccc(OC(=O)c3ccc(Oc4ccc(C(=O)OCc5ccc(-c6ccc(COC(=O)c7ccc(Oc8ccc(C(C)=O)cc8)cc7)cc6)cc5)cc4)cc3)c(C)c2)cc1C. The molecule has 0 fully saturated rings. The molecule has 0 N–H and O–H groups in total. The van der Waals surface area contributed by atoms with Gasteiger partial charge in [-0.1, -0.05) is 79.7 Å². The molecule has 1 atom stereocenters. The van der Waals surface area contributed by atoms with Crippen LogP contribution in [0.25, 0.3) is 11.1 Å². The first-order chi connectivity index (χ1) is 33.9. The van der Waals surface area contributed by atoms with E-state index in [0.717, 1.165) is 44.7 Å². The molecule has 350 valence electrons. The Bertz CT molecular complexity index is 3120. The van der Waals surface area contributed by atoms with Crippen molar-refractivity contribution in [3.63, 3.8) is 0 Å². The van der Waals surface area contributed by atoms with Gasteiger partial charge in [0.15, 0.2) is 5.78 Å². The molecule has 70 heavy (non-hydrogen) atoms. The molecule has 1 unspecified atom stereocenters. The van der Waals surface area contributed by atoms with Gasteiger partial charge in [-0.3, -0.25) is 4.79 Å². The summed E-state index contributed by atoms with van der Waals surface area (Å²) in [4.78, 5) is 50.2. The van der Waals surface area contributed by atoms with Gasteiger partial charge in [0.1, 0.15) is 47.7 Å². The first kappa shape index (κ1) is 47.7. The number of rotatable bonds is 17. The van der Waals surface area contributed by atoms with Crippen LogP contribution in [-0.4, -0.2) is 30.8 Å². The van der Waals surface area contributed by atoms with Crippen LogP contribution in [0.1, 0.15) is 94.6 Å². The van der Waals surface area contributed by atoms with Crippen LogP contribution in [0.3, 0.4) is 0 Å². The van der Waals surface area contributed by atoms with Crippen molar-refractivity contribution in [1.82, 2.24) is 0 Å². The highest BCUT2D eigenvalue weighted by Crippen LogP contribution is 2.32. The van der Waals surface area contributed by atoms with Crippen molar-refractivity contribution < 1.29 is 47.6 Å². The van der Waals surface area contributed by atoms with Crippen LogP contribution < -0.4 is 18.9 Å². The zero-order valence-corrected chi connectivity index (χ0v) is 39.4. The predicted octanol–water partition coefficient (Wildman–Crippen LogP) is 13.9. The topological polar surface area (TPSA) is 124 Å². The Balaban J connectivity index is 0.759. The van der Waals surface area contributed by atoms with E-state index in [1.807, 2.05) is 86.6 Å². The van der Waals surface area contributed by atoms with Gasteiger partial charge in [0.25, 0.3) is 0 Å². The number of carbonyl (C=O) groups excluding carboxylic acids is 4. The summed E-state index contributed by atoms with van der Waals surface area (Å²) in [7, 11) is 1.67. The monoisotopic (exact) mass is 930 g/mol. The number of Topliss-reactive ketones (excluding diaryl/α,β-unsaturated/α-hetero) is 1. The molecule has 8 aromatic rings. The van der Waals surface area contributed by atoms with Gasteiger partial charge >= 0.3 is 17.9 Å². The van der Waals surface area contributed by atoms with Crippen LogP contribution >= 0.6 is 0 Å². The third-order valence-corrected chi connectivity index (χ3v) is 11.8. The largest absolute Gasteiger partial charge is 0.496 e. The lowest BCUT2D eigenvalue weighted by molar-refractivity contribution is 0.0464. The normalized spacial score (nSPS) is 11.2. The lowest BCUT2D eigenvalue weighted by atomic mass is 9.91. The van der Waals surface area contributed by atoms with E-state index < -0.39 is 17.9 Å². The van der Waals surface area contributed by atoms with Crippen LogP contribution in [0.4, 0.5) is 0 Å². The van der Waals surface area contributed by atoms with Crippen LogP contribution in [-0.2, 0) is 22.7 Å². The molecule has 8 rings (SSSR count). The van der Waals surface area contributed by atoms with Crippen LogP contribution in [0, 0.1) is 13.8 Å². The summed E-state index contributed by atoms with van der Waals surface area (Å²) in [5, 5.41) is 0. The fraction of sp³-hybridized carbons (Fsp3) is 0.133. The molecule has 0 radical (unpaired) electrons. The highest BCUT2D eigenvalue weighted by molar-refractivity contribution is 5.94. The third kappa shape index (κ3) is 12.0. The Morgan fingerprint density at radius 2 is 0.786 bits per heavy atom. The van der Waals surface area contributed by atoms with Crippen molar-refractivity contribution in [3.05, 3.63) is 238 Å². The van der Waals surface area contributed by atoms with E-state index in [-0.39, 0.29) is 24.9 Å². The maximum absolute atomic E-state index is 13.1. The van der Waals surface area contributed by atoms with Crippen molar-refractivity contribution in [2.24, 2.45) is 0 Å². The Morgan fingerprint density at radius 1 is 0.429 bits per heavy atom. The van der Waals surface area contributed by atoms with Crippen molar-refractivity contribution >= 4 is 23.7 Å². The molecule has 0 bridgehead atoms. The fourth-order valence-electron chi connectivity index (χ4n) is 7.64. The van der Waals surface area contributed by atoms with E-state index >= 15 is 0 Å². The number of benzene rings is 8. The molecule has 0 amide bonds. The Kier molecular flexibility index (Phi) is 14.9. The fourth-order valence-corrected chi connectivity index (χ4v) is 7.64. The van der Waals surface area contributed by atoms with Crippen LogP contribution in [0.5, 0.6) is 34.5 Å². The van der Waals surface area contributed by atoms with Gasteiger partial charge in [-0.05, 0) is 174 Å². The second-order valence-electron chi connectivity index (χ2n) is 16.8. The number of methoxy groups -OCH3 is 1. The molecular formula is C60H50O10. The minimum atomic E-state index is -0.478. The first-order valence-corrected chi connectivity index (χ1v) is 22.7. The van der Waals surface area contributed by atoms with Gasteiger partial charge in [-0.2, -0.15) is 0 Å². The number of esters is 3. The molecule has 0 saturated heterocycles. The zero-order valence-electron chi connectivity index (χ0n) is 39.4. The smallest absolute Gasteiger partial charge is 0.343 e. The molecule has 0 spiro atoms. The quantitative estimate of drug-likeness (QED) is 0.0495. The average Bonchev–Trinajstić information content (AvgIpc) is 3.38. The lowest BCUT2D eigenvalue weighted by Crippen LogP contribution is -2.09. The molecule has 10 heteroatoms. The summed E-state index contributed by atoms with van der Waals surface area (Å²) in [6.07, 6.45) is 0. The molecule has 0 heterocycles. The van der Waals surface area contributed by atoms with E-state index in [9.17, 15) is 19.2 Å². The van der Waals surface area contributed by atoms with E-state index in [0.29, 0.717) is 51.0 Å². The number of hydrogen-bond acceptors (Lipinski definition) is 10. The average molecular weight is 931 g/mol. The highest BCUT2D eigenvalue weighted by Gasteiger charge is 2.16. The van der Waals surface area contributed by atoms with Crippen molar-refractivity contribution in [2.75, 3.05) is 7.11 Å². The van der Waals surface area contributed by atoms with Gasteiger partial charge in [-0.25, -0.2) is 14.4 Å². The summed E-state index contributed by atoms with van der Waals surface area (Å²) < 4.78 is 34.1. The van der Waals surface area contributed by atoms with E-state index in [1.54, 1.807) is 104 Å². The summed E-state index contributed by atoms with van der Waals surface area (Å²) in [5.41, 5.74) is 9.58. The molecule has 0 aliphatic heterocycles. The third-order valence-electron chi connectivity index (χ3n) is 11.8. The number of ether oxygens (including phenoxy) is 6. The molecule has 8 aromatic carbocycles. The number of ketones is 1. The van der Waals surface area contributed by atoms with Crippen LogP contribution in [0.2, 0.25) is 0 Å². The summed E-state index contributed by atoms with van der Waals surface area (Å²) in [6, 6.07) is 54.3. The molecule has 0 saturated carbocycles. The maximum Gasteiger partial charge on any atom is 0.343 e. The number of carbonyl (C=O) groups is 4. The molecule has 0 aromatic heterocycles. The van der Waals surface area contributed by atoms with Crippen molar-refractivity contribution in [1.29, 1.82) is 0 Å². The molecule has 10 nitrogen and oxygen atoms in total.